The molecule has 0 radical (unpaired) electrons. The lowest BCUT2D eigenvalue weighted by Crippen LogP contribution is -2.37. The first kappa shape index (κ1) is 11.3. The largest absolute Gasteiger partial charge is 0.463 e. The first-order valence-corrected chi connectivity index (χ1v) is 5.65. The Morgan fingerprint density at radius 3 is 2.75 bits per heavy atom. The molecule has 2 heterocycles. The van der Waals surface area contributed by atoms with Crippen LogP contribution in [0, 0.1) is 0 Å². The predicted molar refractivity (Wildman–Crippen MR) is 59.4 cm³/mol. The fourth-order valence-electron chi connectivity index (χ4n) is 1.64. The van der Waals surface area contributed by atoms with Crippen LogP contribution in [0.5, 0.6) is 6.01 Å². The molecule has 88 valence electrons. The molecule has 0 aromatic carbocycles. The highest BCUT2D eigenvalue weighted by molar-refractivity contribution is 4.92. The van der Waals surface area contributed by atoms with Gasteiger partial charge in [-0.15, -0.1) is 0 Å². The van der Waals surface area contributed by atoms with Gasteiger partial charge in [0, 0.05) is 32.0 Å². The number of rotatable bonds is 5. The van der Waals surface area contributed by atoms with Crippen molar-refractivity contribution in [2.24, 2.45) is 0 Å². The van der Waals surface area contributed by atoms with Gasteiger partial charge in [-0.1, -0.05) is 0 Å². The third-order valence-electron chi connectivity index (χ3n) is 2.50. The van der Waals surface area contributed by atoms with Crippen LogP contribution >= 0.6 is 0 Å². The van der Waals surface area contributed by atoms with E-state index in [4.69, 9.17) is 9.47 Å². The summed E-state index contributed by atoms with van der Waals surface area (Å²) in [5.41, 5.74) is 0. The molecule has 0 unspecified atom stereocenters. The summed E-state index contributed by atoms with van der Waals surface area (Å²) >= 11 is 0. The Kier molecular flexibility index (Phi) is 4.51. The number of ether oxygens (including phenoxy) is 2. The van der Waals surface area contributed by atoms with Gasteiger partial charge in [-0.25, -0.2) is 9.97 Å². The van der Waals surface area contributed by atoms with Gasteiger partial charge < -0.3 is 9.47 Å². The fraction of sp³-hybridized carbons (Fsp3) is 0.636. The number of aromatic nitrogens is 2. The topological polar surface area (TPSA) is 47.5 Å². The standard InChI is InChI=1S/C11H17N3O2/c1-3-12-11(13-4-1)16-8-2-5-14-6-9-15-10-7-14/h1,3-4H,2,5-10H2. The summed E-state index contributed by atoms with van der Waals surface area (Å²) in [7, 11) is 0. The molecule has 2 rings (SSSR count). The van der Waals surface area contributed by atoms with Gasteiger partial charge in [0.25, 0.3) is 0 Å². The molecule has 0 saturated carbocycles. The van der Waals surface area contributed by atoms with Crippen molar-refractivity contribution >= 4 is 0 Å². The normalized spacial score (nSPS) is 17.2. The van der Waals surface area contributed by atoms with Gasteiger partial charge in [-0.3, -0.25) is 4.90 Å². The molecule has 0 atom stereocenters. The molecule has 0 amide bonds. The van der Waals surface area contributed by atoms with E-state index in [0.717, 1.165) is 39.3 Å². The Bertz CT molecular complexity index is 289. The van der Waals surface area contributed by atoms with Crippen LogP contribution in [0.2, 0.25) is 0 Å². The second-order valence-electron chi connectivity index (χ2n) is 3.69. The van der Waals surface area contributed by atoms with Crippen LogP contribution in [0.25, 0.3) is 0 Å². The SMILES string of the molecule is c1cnc(OCCCN2CCOCC2)nc1. The molecule has 5 heteroatoms. The van der Waals surface area contributed by atoms with Crippen LogP contribution in [0.1, 0.15) is 6.42 Å². The highest BCUT2D eigenvalue weighted by Crippen LogP contribution is 2.01. The Morgan fingerprint density at radius 1 is 1.25 bits per heavy atom. The van der Waals surface area contributed by atoms with Crippen molar-refractivity contribution in [1.29, 1.82) is 0 Å². The molecule has 1 fully saturated rings. The zero-order valence-corrected chi connectivity index (χ0v) is 9.34. The Morgan fingerprint density at radius 2 is 2.00 bits per heavy atom. The number of hydrogen-bond donors (Lipinski definition) is 0. The zero-order chi connectivity index (χ0) is 11.1. The number of hydrogen-bond acceptors (Lipinski definition) is 5. The quantitative estimate of drug-likeness (QED) is 0.683. The first-order chi connectivity index (χ1) is 7.95. The maximum absolute atomic E-state index is 5.42. The average Bonchev–Trinajstić information content (AvgIpc) is 2.37. The smallest absolute Gasteiger partial charge is 0.316 e. The molecule has 1 aliphatic heterocycles. The van der Waals surface area contributed by atoms with Crippen LogP contribution in [0.4, 0.5) is 0 Å². The van der Waals surface area contributed by atoms with E-state index in [1.165, 1.54) is 0 Å². The molecular formula is C11H17N3O2. The van der Waals surface area contributed by atoms with E-state index in [1.807, 2.05) is 0 Å². The average molecular weight is 223 g/mol. The third kappa shape index (κ3) is 3.75. The molecule has 0 N–H and O–H groups in total. The minimum absolute atomic E-state index is 0.462. The molecule has 16 heavy (non-hydrogen) atoms. The summed E-state index contributed by atoms with van der Waals surface area (Å²) in [6.07, 6.45) is 4.37. The third-order valence-corrected chi connectivity index (χ3v) is 2.50. The Balaban J connectivity index is 1.58. The fourth-order valence-corrected chi connectivity index (χ4v) is 1.64. The van der Waals surface area contributed by atoms with Crippen molar-refractivity contribution < 1.29 is 9.47 Å². The maximum atomic E-state index is 5.42. The molecule has 1 aliphatic rings. The predicted octanol–water partition coefficient (Wildman–Crippen LogP) is 0.578. The van der Waals surface area contributed by atoms with Gasteiger partial charge in [0.15, 0.2) is 0 Å². The van der Waals surface area contributed by atoms with Crippen LogP contribution in [-0.4, -0.2) is 54.3 Å². The minimum Gasteiger partial charge on any atom is -0.463 e. The molecule has 0 spiro atoms. The van der Waals surface area contributed by atoms with Crippen molar-refractivity contribution in [3.8, 4) is 6.01 Å². The van der Waals surface area contributed by atoms with E-state index in [0.29, 0.717) is 12.6 Å². The van der Waals surface area contributed by atoms with Crippen LogP contribution in [0.15, 0.2) is 18.5 Å². The van der Waals surface area contributed by atoms with Crippen molar-refractivity contribution in [3.63, 3.8) is 0 Å². The summed E-state index contributed by atoms with van der Waals surface area (Å²) in [6, 6.07) is 2.24. The van der Waals surface area contributed by atoms with Gasteiger partial charge in [0.2, 0.25) is 0 Å². The monoisotopic (exact) mass is 223 g/mol. The van der Waals surface area contributed by atoms with Crippen molar-refractivity contribution in [3.05, 3.63) is 18.5 Å². The molecule has 1 aromatic rings. The van der Waals surface area contributed by atoms with Gasteiger partial charge >= 0.3 is 6.01 Å². The molecule has 0 bridgehead atoms. The summed E-state index contributed by atoms with van der Waals surface area (Å²) < 4.78 is 10.7. The zero-order valence-electron chi connectivity index (χ0n) is 9.34. The van der Waals surface area contributed by atoms with E-state index in [2.05, 4.69) is 14.9 Å². The molecular weight excluding hydrogens is 206 g/mol. The lowest BCUT2D eigenvalue weighted by atomic mass is 10.3. The van der Waals surface area contributed by atoms with Crippen molar-refractivity contribution in [2.75, 3.05) is 39.5 Å². The maximum Gasteiger partial charge on any atom is 0.316 e. The van der Waals surface area contributed by atoms with Crippen LogP contribution in [-0.2, 0) is 4.74 Å². The van der Waals surface area contributed by atoms with Crippen molar-refractivity contribution in [2.45, 2.75) is 6.42 Å². The summed E-state index contributed by atoms with van der Waals surface area (Å²) in [5.74, 6) is 0. The van der Waals surface area contributed by atoms with Gasteiger partial charge in [0.05, 0.1) is 19.8 Å². The second kappa shape index (κ2) is 6.40. The molecule has 1 aromatic heterocycles. The van der Waals surface area contributed by atoms with Crippen LogP contribution in [0.3, 0.4) is 0 Å². The summed E-state index contributed by atoms with van der Waals surface area (Å²) in [5, 5.41) is 0. The van der Waals surface area contributed by atoms with E-state index in [-0.39, 0.29) is 0 Å². The number of nitrogens with zero attached hydrogens (tertiary/aromatic N) is 3. The highest BCUT2D eigenvalue weighted by Gasteiger charge is 2.09. The Labute approximate surface area is 95.4 Å². The van der Waals surface area contributed by atoms with Crippen molar-refractivity contribution in [1.82, 2.24) is 14.9 Å². The van der Waals surface area contributed by atoms with E-state index in [9.17, 15) is 0 Å². The van der Waals surface area contributed by atoms with E-state index >= 15 is 0 Å². The highest BCUT2D eigenvalue weighted by atomic mass is 16.5. The number of morpholine rings is 1. The summed E-state index contributed by atoms with van der Waals surface area (Å²) in [6.45, 7) is 5.48. The molecule has 1 saturated heterocycles. The van der Waals surface area contributed by atoms with Gasteiger partial charge in [0.1, 0.15) is 0 Å². The van der Waals surface area contributed by atoms with E-state index in [1.54, 1.807) is 18.5 Å². The lowest BCUT2D eigenvalue weighted by Gasteiger charge is -2.26. The molecule has 0 aliphatic carbocycles. The summed E-state index contributed by atoms with van der Waals surface area (Å²) in [4.78, 5) is 10.4. The molecule has 5 nitrogen and oxygen atoms in total. The second-order valence-corrected chi connectivity index (χ2v) is 3.69. The van der Waals surface area contributed by atoms with Crippen LogP contribution < -0.4 is 4.74 Å². The lowest BCUT2D eigenvalue weighted by molar-refractivity contribution is 0.0356. The van der Waals surface area contributed by atoms with Gasteiger partial charge in [-0.2, -0.15) is 0 Å². The Hall–Kier alpha value is -1.20. The van der Waals surface area contributed by atoms with E-state index < -0.39 is 0 Å². The first-order valence-electron chi connectivity index (χ1n) is 5.65. The minimum atomic E-state index is 0.462. The van der Waals surface area contributed by atoms with Gasteiger partial charge in [-0.05, 0) is 12.5 Å².